The molecular formula is H16B10N2O20. The van der Waals surface area contributed by atoms with Gasteiger partial charge in [0.25, 0.3) is 0 Å². The molecule has 0 aromatic rings. The Balaban J connectivity index is 0.000000301. The molecule has 16 N–H and O–H groups in total. The van der Waals surface area contributed by atoms with Crippen LogP contribution < -0.4 is 12.3 Å². The summed E-state index contributed by atoms with van der Waals surface area (Å²) in [5, 5.41) is 71.5. The van der Waals surface area contributed by atoms with E-state index in [2.05, 4.69) is 54.9 Å². The Hall–Kier alpha value is -0.231. The van der Waals surface area contributed by atoms with Crippen molar-refractivity contribution in [2.24, 2.45) is 0 Å². The van der Waals surface area contributed by atoms with Gasteiger partial charge in [0.15, 0.2) is 0 Å². The van der Waals surface area contributed by atoms with Gasteiger partial charge in [-0.1, -0.05) is 0 Å². The first-order chi connectivity index (χ1) is 14.0. The molecule has 4 saturated heterocycles. The molecule has 32 heteroatoms. The first kappa shape index (κ1) is 29.8. The van der Waals surface area contributed by atoms with Crippen molar-refractivity contribution < 1.29 is 95.1 Å². The van der Waals surface area contributed by atoms with E-state index in [0.717, 1.165) is 0 Å². The number of quaternary nitrogens is 2. The average Bonchev–Trinajstić information content (AvgIpc) is 2.49. The highest BCUT2D eigenvalue weighted by Crippen LogP contribution is 2.24. The van der Waals surface area contributed by atoms with Crippen molar-refractivity contribution in [1.29, 1.82) is 0 Å². The summed E-state index contributed by atoms with van der Waals surface area (Å²) in [5.41, 5.74) is 0. The van der Waals surface area contributed by atoms with Crippen molar-refractivity contribution in [3.63, 3.8) is 0 Å². The molecule has 0 saturated carbocycles. The molecule has 0 aliphatic carbocycles. The van der Waals surface area contributed by atoms with Crippen LogP contribution in [0.5, 0.6) is 0 Å². The molecule has 0 bridgehead atoms. The lowest BCUT2D eigenvalue weighted by Gasteiger charge is -2.49. The normalized spacial score (nSPS) is 24.8. The van der Waals surface area contributed by atoms with Crippen LogP contribution in [0, 0.1) is 0 Å². The first-order valence-electron chi connectivity index (χ1n) is 7.72. The van der Waals surface area contributed by atoms with Gasteiger partial charge in [0.05, 0.1) is 0 Å². The number of rotatable bonds is 0. The Morgan fingerprint density at radius 2 is 0.438 bits per heavy atom. The fourth-order valence-electron chi connectivity index (χ4n) is 2.18. The minimum atomic E-state index is -3.21. The first-order valence-corrected chi connectivity index (χ1v) is 7.72. The second-order valence-electron chi connectivity index (χ2n) is 5.24. The summed E-state index contributed by atoms with van der Waals surface area (Å²) in [6, 6.07) is 0. The van der Waals surface area contributed by atoms with Crippen molar-refractivity contribution in [3.8, 4) is 0 Å². The van der Waals surface area contributed by atoms with Gasteiger partial charge < -0.3 is 107 Å². The monoisotopic (exact) mass is 474 g/mol. The van der Waals surface area contributed by atoms with Gasteiger partial charge in [-0.3, -0.25) is 0 Å². The van der Waals surface area contributed by atoms with E-state index in [-0.39, 0.29) is 12.3 Å². The van der Waals surface area contributed by atoms with Crippen LogP contribution in [0.4, 0.5) is 0 Å². The minimum Gasteiger partial charge on any atom is -0.539 e. The number of hydrogen-bond donors (Lipinski definition) is 10. The van der Waals surface area contributed by atoms with Crippen LogP contribution in [0.2, 0.25) is 0 Å². The zero-order valence-corrected chi connectivity index (χ0v) is 16.3. The van der Waals surface area contributed by atoms with Gasteiger partial charge in [0.1, 0.15) is 0 Å². The smallest absolute Gasteiger partial charge is 0.539 e. The second-order valence-corrected chi connectivity index (χ2v) is 5.24. The van der Waals surface area contributed by atoms with Gasteiger partial charge in [-0.2, -0.15) is 0 Å². The van der Waals surface area contributed by atoms with E-state index in [1.165, 1.54) is 0 Å². The van der Waals surface area contributed by atoms with Crippen molar-refractivity contribution >= 4 is 72.5 Å². The zero-order valence-electron chi connectivity index (χ0n) is 16.3. The lowest BCUT2D eigenvalue weighted by atomic mass is 9.84. The Kier molecular flexibility index (Phi) is 11.1. The summed E-state index contributed by atoms with van der Waals surface area (Å²) in [4.78, 5) is 0. The third-order valence-corrected chi connectivity index (χ3v) is 3.20. The maximum atomic E-state index is 8.94. The van der Waals surface area contributed by atoms with Crippen LogP contribution in [0.25, 0.3) is 0 Å². The molecule has 2 spiro atoms. The van der Waals surface area contributed by atoms with Gasteiger partial charge >= 0.3 is 72.5 Å². The van der Waals surface area contributed by atoms with Crippen LogP contribution in [-0.2, 0) is 54.9 Å². The van der Waals surface area contributed by atoms with Gasteiger partial charge in [-0.25, -0.2) is 0 Å². The molecule has 176 valence electrons. The van der Waals surface area contributed by atoms with E-state index in [1.807, 2.05) is 0 Å². The molecule has 0 radical (unpaired) electrons. The van der Waals surface area contributed by atoms with E-state index in [4.69, 9.17) is 40.2 Å². The molecule has 0 unspecified atom stereocenters. The van der Waals surface area contributed by atoms with Gasteiger partial charge in [0, 0.05) is 0 Å². The Bertz CT molecular complexity index is 427. The summed E-state index contributed by atoms with van der Waals surface area (Å²) >= 11 is 0. The Morgan fingerprint density at radius 3 is 0.562 bits per heavy atom. The minimum absolute atomic E-state index is 0. The third kappa shape index (κ3) is 7.92. The van der Waals surface area contributed by atoms with Gasteiger partial charge in [0.2, 0.25) is 0 Å². The molecule has 0 aromatic heterocycles. The molecule has 4 rings (SSSR count). The standard InChI is InChI=1S/2B5H4O10.2H3N/c2*6-1-10-2(7)13-5(12-1)14-3(8)11-4(9)15-5;;/h2*6-9H;2*1H3/q2*-1;;/p+2. The summed E-state index contributed by atoms with van der Waals surface area (Å²) in [6.07, 6.45) is 0. The molecule has 0 amide bonds. The highest BCUT2D eigenvalue weighted by Gasteiger charge is 2.54. The van der Waals surface area contributed by atoms with Crippen LogP contribution in [-0.4, -0.2) is 113 Å². The highest BCUT2D eigenvalue weighted by molar-refractivity contribution is 6.82. The molecule has 4 fully saturated rings. The van der Waals surface area contributed by atoms with Crippen molar-refractivity contribution in [2.75, 3.05) is 0 Å². The van der Waals surface area contributed by atoms with E-state index in [9.17, 15) is 0 Å². The SMILES string of the molecule is OB1OB(O)O[B-]2(O1)OB(O)OB(O)O2.OB1OB(O)O[B-]2(O1)OB(O)OB(O)O2.[NH4+].[NH4+]. The van der Waals surface area contributed by atoms with Crippen molar-refractivity contribution in [1.82, 2.24) is 12.3 Å². The van der Waals surface area contributed by atoms with Crippen molar-refractivity contribution in [2.45, 2.75) is 0 Å². The summed E-state index contributed by atoms with van der Waals surface area (Å²) in [5.74, 6) is 0. The molecule has 4 aliphatic rings. The topological polar surface area (TPSA) is 346 Å². The fraction of sp³-hybridized carbons (Fsp3) is 0. The third-order valence-electron chi connectivity index (χ3n) is 3.20. The molecule has 4 heterocycles. The van der Waals surface area contributed by atoms with E-state index in [0.29, 0.717) is 0 Å². The van der Waals surface area contributed by atoms with Gasteiger partial charge in [-0.15, -0.1) is 0 Å². The Morgan fingerprint density at radius 1 is 0.312 bits per heavy atom. The lowest BCUT2D eigenvalue weighted by Crippen LogP contribution is -2.69. The maximum Gasteiger partial charge on any atom is 0.582 e. The zero-order chi connectivity index (χ0) is 22.1. The molecule has 0 atom stereocenters. The van der Waals surface area contributed by atoms with E-state index >= 15 is 0 Å². The van der Waals surface area contributed by atoms with E-state index < -0.39 is 72.5 Å². The Labute approximate surface area is 180 Å². The second kappa shape index (κ2) is 11.9. The quantitative estimate of drug-likeness (QED) is 0.146. The molecule has 32 heavy (non-hydrogen) atoms. The fourth-order valence-corrected chi connectivity index (χ4v) is 2.18. The van der Waals surface area contributed by atoms with Crippen LogP contribution in [0.1, 0.15) is 0 Å². The highest BCUT2D eigenvalue weighted by atomic mass is 17.0. The lowest BCUT2D eigenvalue weighted by molar-refractivity contribution is 0.0119. The van der Waals surface area contributed by atoms with Crippen LogP contribution >= 0.6 is 0 Å². The van der Waals surface area contributed by atoms with Crippen LogP contribution in [0.15, 0.2) is 0 Å². The summed E-state index contributed by atoms with van der Waals surface area (Å²) in [7, 11) is -15.2. The summed E-state index contributed by atoms with van der Waals surface area (Å²) in [6.45, 7) is -6.42. The van der Waals surface area contributed by atoms with Crippen molar-refractivity contribution in [3.05, 3.63) is 0 Å². The van der Waals surface area contributed by atoms with E-state index in [1.54, 1.807) is 0 Å². The maximum absolute atomic E-state index is 8.94. The molecular weight excluding hydrogens is 456 g/mol. The average molecular weight is 472 g/mol. The number of hydrogen-bond acceptors (Lipinski definition) is 20. The molecule has 0 aromatic carbocycles. The van der Waals surface area contributed by atoms with Crippen LogP contribution in [0.3, 0.4) is 0 Å². The molecule has 4 aliphatic heterocycles. The summed E-state index contributed by atoms with van der Waals surface area (Å²) < 4.78 is 52.8. The largest absolute Gasteiger partial charge is 0.582 e. The molecule has 22 nitrogen and oxygen atoms in total. The van der Waals surface area contributed by atoms with Gasteiger partial charge in [-0.05, 0) is 0 Å². The predicted octanol–water partition coefficient (Wildman–Crippen LogP) is -8.33. The predicted molar refractivity (Wildman–Crippen MR) is 100 cm³/mol.